The van der Waals surface area contributed by atoms with Crippen molar-refractivity contribution >= 4 is 124 Å². The molecule has 1 aliphatic heterocycles. The maximum Gasteiger partial charge on any atom is 0.329 e. The van der Waals surface area contributed by atoms with Gasteiger partial charge in [0.15, 0.2) is 0 Å². The summed E-state index contributed by atoms with van der Waals surface area (Å²) in [5.74, 6) is -26.7. The highest BCUT2D eigenvalue weighted by Crippen LogP contribution is 2.20. The number of carboxylic acids is 5. The number of carboxylic acid groups (broad SMARTS) is 5. The number of ether oxygens (including phenoxy) is 1. The lowest BCUT2D eigenvalue weighted by Gasteiger charge is -2.30. The zero-order valence-electron chi connectivity index (χ0n) is 54.5. The Morgan fingerprint density at radius 3 is 1.72 bits per heavy atom. The molecule has 0 bridgehead atoms. The molecule has 100 heavy (non-hydrogen) atoms. The summed E-state index contributed by atoms with van der Waals surface area (Å²) in [4.78, 5) is 254. The van der Waals surface area contributed by atoms with Gasteiger partial charge in [-0.15, -0.1) is 0 Å². The third kappa shape index (κ3) is 27.6. The summed E-state index contributed by atoms with van der Waals surface area (Å²) >= 11 is 0. The Balaban J connectivity index is 2.18. The molecule has 0 radical (unpaired) electrons. The minimum absolute atomic E-state index is 0.00851. The summed E-state index contributed by atoms with van der Waals surface area (Å²) in [6.07, 6.45) is -7.75. The summed E-state index contributed by atoms with van der Waals surface area (Å²) in [5, 5.41) is 87.1. The second-order valence-electron chi connectivity index (χ2n) is 22.9. The summed E-state index contributed by atoms with van der Waals surface area (Å²) in [7, 11) is 0. The van der Waals surface area contributed by atoms with Crippen molar-refractivity contribution in [3.8, 4) is 0 Å². The maximum absolute atomic E-state index is 14.4. The molecule has 41 heteroatoms. The smallest absolute Gasteiger partial charge is 0.329 e. The molecular weight excluding hydrogens is 1330 g/mol. The van der Waals surface area contributed by atoms with Gasteiger partial charge in [0.2, 0.25) is 77.3 Å². The van der Waals surface area contributed by atoms with Crippen molar-refractivity contribution in [3.63, 3.8) is 0 Å². The van der Waals surface area contributed by atoms with Crippen LogP contribution in [0.25, 0.3) is 10.9 Å². The van der Waals surface area contributed by atoms with Crippen LogP contribution >= 0.6 is 0 Å². The number of rotatable bonds is 28. The minimum atomic E-state index is -2.31. The van der Waals surface area contributed by atoms with Gasteiger partial charge in [0.25, 0.3) is 0 Å². The molecule has 550 valence electrons. The quantitative estimate of drug-likeness (QED) is 0.0278. The first kappa shape index (κ1) is 82.8. The van der Waals surface area contributed by atoms with Gasteiger partial charge in [0, 0.05) is 36.4 Å². The van der Waals surface area contributed by atoms with E-state index in [0.717, 1.165) is 13.8 Å². The van der Waals surface area contributed by atoms with Crippen LogP contribution in [0.5, 0.6) is 0 Å². The number of para-hydroxylation sites is 1. The number of aromatic amines is 1. The molecule has 1 aliphatic rings. The molecule has 1 saturated heterocycles. The van der Waals surface area contributed by atoms with Crippen LogP contribution in [-0.4, -0.2) is 248 Å². The van der Waals surface area contributed by atoms with Crippen LogP contribution in [0.3, 0.4) is 0 Å². The number of aliphatic carboxylic acids is 5. The van der Waals surface area contributed by atoms with E-state index in [1.807, 2.05) is 16.0 Å². The molecule has 0 saturated carbocycles. The summed E-state index contributed by atoms with van der Waals surface area (Å²) < 4.78 is 5.65. The molecule has 13 amide bonds. The second-order valence-corrected chi connectivity index (χ2v) is 22.9. The normalized spacial score (nSPS) is 22.6. The van der Waals surface area contributed by atoms with Crippen molar-refractivity contribution < 1.29 is 126 Å². The van der Waals surface area contributed by atoms with Gasteiger partial charge < -0.3 is 115 Å². The minimum Gasteiger partial charge on any atom is -0.481 e. The Morgan fingerprint density at radius 2 is 1.14 bits per heavy atom. The monoisotopic (exact) mass is 1420 g/mol. The van der Waals surface area contributed by atoms with Gasteiger partial charge in [-0.2, -0.15) is 0 Å². The Bertz CT molecular complexity index is 3360. The summed E-state index contributed by atoms with van der Waals surface area (Å²) in [5.41, 5.74) is 6.83. The van der Waals surface area contributed by atoms with E-state index in [2.05, 4.69) is 58.2 Å². The predicted molar refractivity (Wildman–Crippen MR) is 337 cm³/mol. The fraction of sp³-hybridized carbons (Fsp3) is 0.542. The zero-order valence-corrected chi connectivity index (χ0v) is 54.5. The molecule has 0 spiro atoms. The molecule has 13 unspecified atom stereocenters. The van der Waals surface area contributed by atoms with Gasteiger partial charge in [-0.05, 0) is 63.6 Å². The van der Waals surface area contributed by atoms with Gasteiger partial charge >= 0.3 is 35.8 Å². The highest BCUT2D eigenvalue weighted by atomic mass is 16.5. The van der Waals surface area contributed by atoms with Gasteiger partial charge in [0.05, 0.1) is 39.0 Å². The molecule has 1 fully saturated rings. The lowest BCUT2D eigenvalue weighted by Crippen LogP contribution is -2.61. The highest BCUT2D eigenvalue weighted by molar-refractivity contribution is 6.01. The number of H-pyrrole nitrogens is 1. The van der Waals surface area contributed by atoms with E-state index < -0.39 is 250 Å². The average Bonchev–Trinajstić information content (AvgIpc) is 1.60. The van der Waals surface area contributed by atoms with Crippen LogP contribution in [-0.2, 0) is 102 Å². The number of carbonyl (C=O) groups excluding carboxylic acids is 14. The predicted octanol–water partition coefficient (Wildman–Crippen LogP) is -8.20. The van der Waals surface area contributed by atoms with Crippen LogP contribution in [0.15, 0.2) is 30.5 Å². The lowest BCUT2D eigenvalue weighted by atomic mass is 9.98. The molecule has 2 aromatic rings. The van der Waals surface area contributed by atoms with Gasteiger partial charge in [0.1, 0.15) is 72.6 Å². The topological polar surface area (TPSA) is 653 Å². The fourth-order valence-corrected chi connectivity index (χ4v) is 9.56. The Kier molecular flexibility index (Phi) is 34.0. The third-order valence-electron chi connectivity index (χ3n) is 15.2. The zero-order chi connectivity index (χ0) is 75.1. The van der Waals surface area contributed by atoms with E-state index in [1.165, 1.54) is 13.8 Å². The van der Waals surface area contributed by atoms with Crippen LogP contribution in [0.2, 0.25) is 0 Å². The van der Waals surface area contributed by atoms with E-state index in [-0.39, 0.29) is 38.6 Å². The number of esters is 1. The Labute approximate surface area is 567 Å². The number of aromatic nitrogens is 1. The highest BCUT2D eigenvalue weighted by Gasteiger charge is 2.40. The molecule has 2 heterocycles. The largest absolute Gasteiger partial charge is 0.481 e. The molecule has 1 aromatic heterocycles. The number of hydrogen-bond donors (Lipinski definition) is 21. The van der Waals surface area contributed by atoms with Gasteiger partial charge in [-0.1, -0.05) is 38.5 Å². The average molecular weight is 1420 g/mol. The molecule has 41 nitrogen and oxygen atoms in total. The Morgan fingerprint density at radius 1 is 0.610 bits per heavy atom. The first-order chi connectivity index (χ1) is 47.1. The van der Waals surface area contributed by atoms with Crippen LogP contribution < -0.4 is 74.9 Å². The van der Waals surface area contributed by atoms with Crippen molar-refractivity contribution in [1.82, 2.24) is 74.1 Å². The van der Waals surface area contributed by atoms with Crippen molar-refractivity contribution in [2.75, 3.05) is 26.2 Å². The number of carbonyl (C=O) groups is 19. The van der Waals surface area contributed by atoms with Gasteiger partial charge in [-0.25, -0.2) is 4.79 Å². The van der Waals surface area contributed by atoms with Crippen molar-refractivity contribution in [2.45, 2.75) is 171 Å². The number of cyclic esters (lactones) is 1. The SMILES string of the molecule is CCC(C)C1NC(=O)C(CCC(=O)O)NC(=O)C(CO)NC(=O)CNC(=O)C(CC(=O)O)NC(=O)C(C)NC(=O)C(CC(=O)O)NC(=O)C(CCCN)NC(=O)CNC(=O)C(NC(=O)C(CC(=O)O)NC(=O)C(CCC(=O)O)NC(=O)C(Cc2c[nH]c3ccccc23)NC=O)C(C)OC1=O. The van der Waals surface area contributed by atoms with Gasteiger partial charge in [-0.3, -0.25) is 86.3 Å². The van der Waals surface area contributed by atoms with Crippen LogP contribution in [0.4, 0.5) is 0 Å². The van der Waals surface area contributed by atoms with E-state index in [0.29, 0.717) is 16.5 Å². The summed E-state index contributed by atoms with van der Waals surface area (Å²) in [6.45, 7) is 1.15. The number of aliphatic hydroxyl groups excluding tert-OH is 1. The summed E-state index contributed by atoms with van der Waals surface area (Å²) in [6, 6.07) is -14.4. The lowest BCUT2D eigenvalue weighted by molar-refractivity contribution is -0.157. The molecule has 0 aliphatic carbocycles. The Hall–Kier alpha value is -11.4. The second kappa shape index (κ2) is 41.0. The molecule has 13 atom stereocenters. The molecule has 1 aromatic carbocycles. The first-order valence-corrected chi connectivity index (χ1v) is 31.1. The van der Waals surface area contributed by atoms with Crippen molar-refractivity contribution in [3.05, 3.63) is 36.0 Å². The van der Waals surface area contributed by atoms with Crippen LogP contribution in [0.1, 0.15) is 97.5 Å². The van der Waals surface area contributed by atoms with E-state index in [9.17, 15) is 122 Å². The number of amides is 13. The molecule has 22 N–H and O–H groups in total. The molecular formula is C59H83N15O26. The van der Waals surface area contributed by atoms with E-state index >= 15 is 0 Å². The molecule has 3 rings (SSSR count). The number of benzene rings is 1. The van der Waals surface area contributed by atoms with Crippen molar-refractivity contribution in [2.24, 2.45) is 11.7 Å². The maximum atomic E-state index is 14.4. The fourth-order valence-electron chi connectivity index (χ4n) is 9.56. The number of aliphatic hydroxyl groups is 1. The first-order valence-electron chi connectivity index (χ1n) is 31.1. The van der Waals surface area contributed by atoms with Crippen LogP contribution in [0, 0.1) is 5.92 Å². The number of nitrogens with two attached hydrogens (primary N) is 1. The number of fused-ring (bicyclic) bond motifs is 1. The standard InChI is InChI=1S/C59H83N15O26/c1-5-26(2)47-59(99)100-28(4)48(74-56(96)38(20-46(87)88)72-52(92)33(12-14-42(79)80)68-54(94)35(64-25-76)17-29-21-61-31-10-7-6-9-30(29)31)58(98)63-23-40(77)66-32(11-8-16-60)51(91)71-37(19-45(85)86)55(95)65-27(3)49(89)70-36(18-44(83)84)50(90)62-22-41(78)67-39(24-75)57(97)69-34(53(93)73-47)13-15-43(81)82/h6-7,9-10,21,25-28,32-39,47-48,61,75H,5,8,11-20,22-24,60H2,1-4H3,(H,62,90)(H,63,98)(H,64,76)(H,65,95)(H,66,77)(H,67,78)(H,68,94)(H,69,97)(H,70,89)(H,71,91)(H,72,92)(H,73,93)(H,74,96)(H,79,80)(H,81,82)(H,83,84)(H,85,86)(H,87,88). The number of hydrogen-bond acceptors (Lipinski definition) is 22. The van der Waals surface area contributed by atoms with E-state index in [1.54, 1.807) is 30.5 Å². The van der Waals surface area contributed by atoms with E-state index in [4.69, 9.17) is 10.5 Å². The van der Waals surface area contributed by atoms with Crippen molar-refractivity contribution in [1.29, 1.82) is 0 Å². The third-order valence-corrected chi connectivity index (χ3v) is 15.2. The number of nitrogens with one attached hydrogen (secondary N) is 14.